The Balaban J connectivity index is 2.08. The quantitative estimate of drug-likeness (QED) is 0.907. The Morgan fingerprint density at radius 3 is 2.35 bits per heavy atom. The van der Waals surface area contributed by atoms with Gasteiger partial charge < -0.3 is 5.73 Å². The third kappa shape index (κ3) is 3.25. The Hall–Kier alpha value is -1.45. The highest BCUT2D eigenvalue weighted by molar-refractivity contribution is 6.30. The Labute approximate surface area is 106 Å². The second-order valence-electron chi connectivity index (χ2n) is 4.06. The van der Waals surface area contributed by atoms with Gasteiger partial charge in [0.05, 0.1) is 6.04 Å². The summed E-state index contributed by atoms with van der Waals surface area (Å²) in [6.45, 7) is 1.95. The number of halogens is 1. The van der Waals surface area contributed by atoms with E-state index in [9.17, 15) is 0 Å². The fourth-order valence-corrected chi connectivity index (χ4v) is 1.69. The lowest BCUT2D eigenvalue weighted by Gasteiger charge is -2.10. The van der Waals surface area contributed by atoms with Crippen LogP contribution in [0.2, 0.25) is 5.02 Å². The molecule has 0 radical (unpaired) electrons. The van der Waals surface area contributed by atoms with Crippen molar-refractivity contribution >= 4 is 11.6 Å². The summed E-state index contributed by atoms with van der Waals surface area (Å²) in [5.41, 5.74) is 8.22. The predicted molar refractivity (Wildman–Crippen MR) is 68.9 cm³/mol. The molecule has 1 unspecified atom stereocenters. The fourth-order valence-electron chi connectivity index (χ4n) is 1.56. The van der Waals surface area contributed by atoms with Gasteiger partial charge in [-0.3, -0.25) is 0 Å². The Bertz CT molecular complexity index is 479. The van der Waals surface area contributed by atoms with Crippen molar-refractivity contribution in [1.82, 2.24) is 9.97 Å². The number of benzene rings is 1. The minimum absolute atomic E-state index is 0.184. The maximum absolute atomic E-state index is 6.06. The summed E-state index contributed by atoms with van der Waals surface area (Å²) < 4.78 is 0. The van der Waals surface area contributed by atoms with Crippen LogP contribution < -0.4 is 5.73 Å². The molecule has 1 atom stereocenters. The molecule has 4 heteroatoms. The van der Waals surface area contributed by atoms with Crippen LogP contribution >= 0.6 is 11.6 Å². The predicted octanol–water partition coefficient (Wildman–Crippen LogP) is 2.68. The van der Waals surface area contributed by atoms with Crippen LogP contribution in [-0.4, -0.2) is 9.97 Å². The van der Waals surface area contributed by atoms with E-state index in [0.29, 0.717) is 12.2 Å². The molecule has 1 heterocycles. The number of hydrogen-bond acceptors (Lipinski definition) is 3. The first-order chi connectivity index (χ1) is 8.15. The zero-order chi connectivity index (χ0) is 12.3. The van der Waals surface area contributed by atoms with E-state index in [1.165, 1.54) is 0 Å². The number of aromatic nitrogens is 2. The summed E-state index contributed by atoms with van der Waals surface area (Å²) >= 11 is 5.83. The van der Waals surface area contributed by atoms with Crippen molar-refractivity contribution in [3.63, 3.8) is 0 Å². The maximum Gasteiger partial charge on any atom is 0.145 e. The van der Waals surface area contributed by atoms with Crippen LogP contribution in [0.25, 0.3) is 0 Å². The number of hydrogen-bond donors (Lipinski definition) is 1. The first-order valence-corrected chi connectivity index (χ1v) is 5.81. The fraction of sp³-hybridized carbons (Fsp3) is 0.231. The van der Waals surface area contributed by atoms with Crippen LogP contribution in [-0.2, 0) is 6.42 Å². The highest BCUT2D eigenvalue weighted by Gasteiger charge is 2.09. The standard InChI is InChI=1S/C13H14ClN3/c1-9-7-16-13(17-8-9)12(15)6-10-2-4-11(14)5-3-10/h2-5,7-8,12H,6,15H2,1H3. The van der Waals surface area contributed by atoms with Gasteiger partial charge in [0.1, 0.15) is 5.82 Å². The smallest absolute Gasteiger partial charge is 0.145 e. The average molecular weight is 248 g/mol. The van der Waals surface area contributed by atoms with E-state index in [0.717, 1.165) is 16.1 Å². The molecule has 0 bridgehead atoms. The molecule has 2 aromatic rings. The van der Waals surface area contributed by atoms with Gasteiger partial charge in [-0.2, -0.15) is 0 Å². The third-order valence-corrected chi connectivity index (χ3v) is 2.75. The first kappa shape index (κ1) is 12.0. The zero-order valence-corrected chi connectivity index (χ0v) is 10.4. The zero-order valence-electron chi connectivity index (χ0n) is 9.60. The van der Waals surface area contributed by atoms with Crippen molar-refractivity contribution in [2.45, 2.75) is 19.4 Å². The SMILES string of the molecule is Cc1cnc(C(N)Cc2ccc(Cl)cc2)nc1. The number of nitrogens with zero attached hydrogens (tertiary/aromatic N) is 2. The summed E-state index contributed by atoms with van der Waals surface area (Å²) in [6, 6.07) is 7.48. The van der Waals surface area contributed by atoms with Crippen LogP contribution in [0, 0.1) is 6.92 Å². The van der Waals surface area contributed by atoms with E-state index < -0.39 is 0 Å². The van der Waals surface area contributed by atoms with E-state index in [2.05, 4.69) is 9.97 Å². The third-order valence-electron chi connectivity index (χ3n) is 2.50. The van der Waals surface area contributed by atoms with E-state index in [1.54, 1.807) is 12.4 Å². The van der Waals surface area contributed by atoms with Crippen LogP contribution in [0.15, 0.2) is 36.7 Å². The van der Waals surface area contributed by atoms with Crippen LogP contribution in [0.5, 0.6) is 0 Å². The van der Waals surface area contributed by atoms with Crippen molar-refractivity contribution in [2.75, 3.05) is 0 Å². The molecule has 88 valence electrons. The molecule has 0 spiro atoms. The average Bonchev–Trinajstić information content (AvgIpc) is 2.33. The minimum atomic E-state index is -0.184. The molecule has 0 saturated heterocycles. The summed E-state index contributed by atoms with van der Waals surface area (Å²) in [7, 11) is 0. The van der Waals surface area contributed by atoms with Gasteiger partial charge in [0.2, 0.25) is 0 Å². The second kappa shape index (κ2) is 5.25. The van der Waals surface area contributed by atoms with E-state index in [4.69, 9.17) is 17.3 Å². The lowest BCUT2D eigenvalue weighted by molar-refractivity contribution is 0.665. The van der Waals surface area contributed by atoms with Gasteiger partial charge in [-0.15, -0.1) is 0 Å². The summed E-state index contributed by atoms with van der Waals surface area (Å²) in [6.07, 6.45) is 4.27. The normalized spacial score (nSPS) is 12.4. The molecule has 0 aliphatic heterocycles. The summed E-state index contributed by atoms with van der Waals surface area (Å²) in [5.74, 6) is 0.672. The van der Waals surface area contributed by atoms with Crippen molar-refractivity contribution in [3.05, 3.63) is 58.6 Å². The van der Waals surface area contributed by atoms with Gasteiger partial charge in [0.25, 0.3) is 0 Å². The minimum Gasteiger partial charge on any atom is -0.321 e. The van der Waals surface area contributed by atoms with Gasteiger partial charge in [-0.1, -0.05) is 23.7 Å². The maximum atomic E-state index is 6.06. The molecule has 17 heavy (non-hydrogen) atoms. The highest BCUT2D eigenvalue weighted by atomic mass is 35.5. The Kier molecular flexibility index (Phi) is 3.71. The van der Waals surface area contributed by atoms with E-state index in [-0.39, 0.29) is 6.04 Å². The Morgan fingerprint density at radius 1 is 1.18 bits per heavy atom. The van der Waals surface area contributed by atoms with Gasteiger partial charge in [0, 0.05) is 17.4 Å². The van der Waals surface area contributed by atoms with Crippen molar-refractivity contribution < 1.29 is 0 Å². The molecule has 2 rings (SSSR count). The topological polar surface area (TPSA) is 51.8 Å². The monoisotopic (exact) mass is 247 g/mol. The van der Waals surface area contributed by atoms with Gasteiger partial charge in [0.15, 0.2) is 0 Å². The molecule has 0 aliphatic rings. The summed E-state index contributed by atoms with van der Waals surface area (Å²) in [5, 5.41) is 0.730. The number of aryl methyl sites for hydroxylation is 1. The largest absolute Gasteiger partial charge is 0.321 e. The lowest BCUT2D eigenvalue weighted by Crippen LogP contribution is -2.16. The highest BCUT2D eigenvalue weighted by Crippen LogP contribution is 2.15. The molecule has 0 amide bonds. The molecule has 0 aliphatic carbocycles. The van der Waals surface area contributed by atoms with Crippen molar-refractivity contribution in [2.24, 2.45) is 5.73 Å². The van der Waals surface area contributed by atoms with Crippen LogP contribution in [0.4, 0.5) is 0 Å². The number of nitrogens with two attached hydrogens (primary N) is 1. The lowest BCUT2D eigenvalue weighted by atomic mass is 10.1. The first-order valence-electron chi connectivity index (χ1n) is 5.44. The van der Waals surface area contributed by atoms with Crippen molar-refractivity contribution in [1.29, 1.82) is 0 Å². The molecule has 0 fully saturated rings. The molecular weight excluding hydrogens is 234 g/mol. The number of rotatable bonds is 3. The van der Waals surface area contributed by atoms with Crippen LogP contribution in [0.1, 0.15) is 23.0 Å². The van der Waals surface area contributed by atoms with Gasteiger partial charge in [-0.25, -0.2) is 9.97 Å². The molecule has 2 N–H and O–H groups in total. The van der Waals surface area contributed by atoms with Gasteiger partial charge in [-0.05, 0) is 36.6 Å². The van der Waals surface area contributed by atoms with Crippen molar-refractivity contribution in [3.8, 4) is 0 Å². The van der Waals surface area contributed by atoms with Crippen LogP contribution in [0.3, 0.4) is 0 Å². The Morgan fingerprint density at radius 2 is 1.76 bits per heavy atom. The van der Waals surface area contributed by atoms with E-state index in [1.807, 2.05) is 31.2 Å². The molecular formula is C13H14ClN3. The van der Waals surface area contributed by atoms with Gasteiger partial charge >= 0.3 is 0 Å². The molecule has 1 aromatic carbocycles. The molecule has 1 aromatic heterocycles. The summed E-state index contributed by atoms with van der Waals surface area (Å²) in [4.78, 5) is 8.46. The second-order valence-corrected chi connectivity index (χ2v) is 4.49. The van der Waals surface area contributed by atoms with E-state index >= 15 is 0 Å². The molecule has 3 nitrogen and oxygen atoms in total. The molecule has 0 saturated carbocycles.